The summed E-state index contributed by atoms with van der Waals surface area (Å²) in [5.74, 6) is 0.914. The third-order valence-electron chi connectivity index (χ3n) is 3.51. The van der Waals surface area contributed by atoms with E-state index in [2.05, 4.69) is 44.2 Å². The molecule has 0 aromatic heterocycles. The fraction of sp³-hybridized carbons (Fsp3) is 0.412. The molecule has 2 nitrogen and oxygen atoms in total. The van der Waals surface area contributed by atoms with Crippen molar-refractivity contribution in [2.24, 2.45) is 5.73 Å². The SMILES string of the molecule is CCCC(N)C(CC)Oc1ccc2ccccc2c1. The number of rotatable bonds is 6. The molecule has 0 radical (unpaired) electrons. The van der Waals surface area contributed by atoms with Crippen LogP contribution in [0, 0.1) is 0 Å². The van der Waals surface area contributed by atoms with Gasteiger partial charge in [0.1, 0.15) is 11.9 Å². The normalized spacial score (nSPS) is 14.3. The van der Waals surface area contributed by atoms with Crippen molar-refractivity contribution in [3.63, 3.8) is 0 Å². The summed E-state index contributed by atoms with van der Waals surface area (Å²) in [5.41, 5.74) is 6.17. The van der Waals surface area contributed by atoms with Gasteiger partial charge in [-0.15, -0.1) is 0 Å². The Morgan fingerprint density at radius 3 is 2.47 bits per heavy atom. The Morgan fingerprint density at radius 1 is 1.05 bits per heavy atom. The van der Waals surface area contributed by atoms with Crippen LogP contribution in [0.1, 0.15) is 33.1 Å². The van der Waals surface area contributed by atoms with Crippen molar-refractivity contribution >= 4 is 10.8 Å². The van der Waals surface area contributed by atoms with Gasteiger partial charge in [-0.1, -0.05) is 50.6 Å². The van der Waals surface area contributed by atoms with Crippen molar-refractivity contribution in [3.8, 4) is 5.75 Å². The molecular formula is C17H23NO. The van der Waals surface area contributed by atoms with Gasteiger partial charge in [0.25, 0.3) is 0 Å². The van der Waals surface area contributed by atoms with Crippen LogP contribution in [0.3, 0.4) is 0 Å². The molecule has 0 aliphatic carbocycles. The summed E-state index contributed by atoms with van der Waals surface area (Å²) in [5, 5.41) is 2.44. The van der Waals surface area contributed by atoms with E-state index in [0.717, 1.165) is 25.0 Å². The maximum atomic E-state index is 6.17. The third-order valence-corrected chi connectivity index (χ3v) is 3.51. The molecule has 0 aliphatic rings. The lowest BCUT2D eigenvalue weighted by Gasteiger charge is -2.23. The number of fused-ring (bicyclic) bond motifs is 1. The van der Waals surface area contributed by atoms with E-state index in [4.69, 9.17) is 10.5 Å². The maximum Gasteiger partial charge on any atom is 0.120 e. The molecule has 2 rings (SSSR count). The monoisotopic (exact) mass is 257 g/mol. The van der Waals surface area contributed by atoms with Crippen molar-refractivity contribution in [2.45, 2.75) is 45.3 Å². The van der Waals surface area contributed by atoms with E-state index >= 15 is 0 Å². The standard InChI is InChI=1S/C17H23NO/c1-3-7-16(18)17(4-2)19-15-11-10-13-8-5-6-9-14(13)12-15/h5-6,8-12,16-17H,3-4,7,18H2,1-2H3. The summed E-state index contributed by atoms with van der Waals surface area (Å²) in [6, 6.07) is 14.7. The van der Waals surface area contributed by atoms with E-state index in [9.17, 15) is 0 Å². The summed E-state index contributed by atoms with van der Waals surface area (Å²) in [4.78, 5) is 0. The van der Waals surface area contributed by atoms with Gasteiger partial charge in [-0.3, -0.25) is 0 Å². The third kappa shape index (κ3) is 3.48. The Hall–Kier alpha value is -1.54. The highest BCUT2D eigenvalue weighted by atomic mass is 16.5. The van der Waals surface area contributed by atoms with Crippen LogP contribution in [0.15, 0.2) is 42.5 Å². The van der Waals surface area contributed by atoms with Gasteiger partial charge in [0.05, 0.1) is 0 Å². The second kappa shape index (κ2) is 6.58. The Kier molecular flexibility index (Phi) is 4.80. The van der Waals surface area contributed by atoms with Gasteiger partial charge in [0.15, 0.2) is 0 Å². The minimum absolute atomic E-state index is 0.0983. The molecule has 19 heavy (non-hydrogen) atoms. The molecule has 0 fully saturated rings. The summed E-state index contributed by atoms with van der Waals surface area (Å²) in [7, 11) is 0. The van der Waals surface area contributed by atoms with Crippen molar-refractivity contribution in [1.29, 1.82) is 0 Å². The number of ether oxygens (including phenoxy) is 1. The van der Waals surface area contributed by atoms with Gasteiger partial charge < -0.3 is 10.5 Å². The molecule has 102 valence electrons. The second-order valence-corrected chi connectivity index (χ2v) is 5.03. The number of nitrogens with two attached hydrogens (primary N) is 1. The zero-order chi connectivity index (χ0) is 13.7. The van der Waals surface area contributed by atoms with Crippen LogP contribution in [0.4, 0.5) is 0 Å². The predicted octanol–water partition coefficient (Wildman–Crippen LogP) is 4.12. The molecule has 0 saturated carbocycles. The first-order valence-electron chi connectivity index (χ1n) is 7.15. The predicted molar refractivity (Wildman–Crippen MR) is 81.5 cm³/mol. The van der Waals surface area contributed by atoms with Crippen LogP contribution >= 0.6 is 0 Å². The minimum Gasteiger partial charge on any atom is -0.489 e. The lowest BCUT2D eigenvalue weighted by Crippen LogP contribution is -2.38. The molecule has 2 unspecified atom stereocenters. The van der Waals surface area contributed by atoms with Crippen LogP contribution in [-0.4, -0.2) is 12.1 Å². The highest BCUT2D eigenvalue weighted by molar-refractivity contribution is 5.83. The highest BCUT2D eigenvalue weighted by Gasteiger charge is 2.16. The number of hydrogen-bond acceptors (Lipinski definition) is 2. The van der Waals surface area contributed by atoms with Crippen molar-refractivity contribution in [2.75, 3.05) is 0 Å². The van der Waals surface area contributed by atoms with Gasteiger partial charge in [-0.05, 0) is 35.7 Å². The first kappa shape index (κ1) is 13.9. The van der Waals surface area contributed by atoms with E-state index in [0.29, 0.717) is 0 Å². The Balaban J connectivity index is 2.15. The molecule has 2 N–H and O–H groups in total. The van der Waals surface area contributed by atoms with Crippen molar-refractivity contribution in [3.05, 3.63) is 42.5 Å². The molecule has 2 heteroatoms. The highest BCUT2D eigenvalue weighted by Crippen LogP contribution is 2.22. The Bertz CT molecular complexity index is 523. The second-order valence-electron chi connectivity index (χ2n) is 5.03. The van der Waals surface area contributed by atoms with Gasteiger partial charge in [0.2, 0.25) is 0 Å². The molecule has 2 atom stereocenters. The first-order valence-corrected chi connectivity index (χ1v) is 7.15. The summed E-state index contributed by atoms with van der Waals surface area (Å²) in [6.07, 6.45) is 3.14. The summed E-state index contributed by atoms with van der Waals surface area (Å²) in [6.45, 7) is 4.28. The maximum absolute atomic E-state index is 6.17. The summed E-state index contributed by atoms with van der Waals surface area (Å²) >= 11 is 0. The van der Waals surface area contributed by atoms with E-state index in [1.54, 1.807) is 0 Å². The number of hydrogen-bond donors (Lipinski definition) is 1. The van der Waals surface area contributed by atoms with Crippen LogP contribution in [-0.2, 0) is 0 Å². The Morgan fingerprint density at radius 2 is 1.79 bits per heavy atom. The topological polar surface area (TPSA) is 35.2 Å². The largest absolute Gasteiger partial charge is 0.489 e. The molecule has 0 amide bonds. The van der Waals surface area contributed by atoms with Crippen molar-refractivity contribution < 1.29 is 4.74 Å². The zero-order valence-corrected chi connectivity index (χ0v) is 11.8. The molecule has 2 aromatic rings. The molecule has 0 saturated heterocycles. The van der Waals surface area contributed by atoms with Crippen LogP contribution in [0.5, 0.6) is 5.75 Å². The molecule has 0 aliphatic heterocycles. The smallest absolute Gasteiger partial charge is 0.120 e. The van der Waals surface area contributed by atoms with E-state index < -0.39 is 0 Å². The average Bonchev–Trinajstić information content (AvgIpc) is 2.44. The molecule has 0 spiro atoms. The molecule has 2 aromatic carbocycles. The number of benzene rings is 2. The molecule has 0 heterocycles. The minimum atomic E-state index is 0.0983. The van der Waals surface area contributed by atoms with Crippen LogP contribution in [0.2, 0.25) is 0 Å². The van der Waals surface area contributed by atoms with E-state index in [1.807, 2.05) is 12.1 Å². The van der Waals surface area contributed by atoms with E-state index in [-0.39, 0.29) is 12.1 Å². The lowest BCUT2D eigenvalue weighted by atomic mass is 10.0. The molecular weight excluding hydrogens is 234 g/mol. The van der Waals surface area contributed by atoms with Crippen LogP contribution in [0.25, 0.3) is 10.8 Å². The first-order chi connectivity index (χ1) is 9.24. The Labute approximate surface area is 115 Å². The van der Waals surface area contributed by atoms with Crippen molar-refractivity contribution in [1.82, 2.24) is 0 Å². The van der Waals surface area contributed by atoms with Gasteiger partial charge >= 0.3 is 0 Å². The van der Waals surface area contributed by atoms with Gasteiger partial charge in [-0.25, -0.2) is 0 Å². The lowest BCUT2D eigenvalue weighted by molar-refractivity contribution is 0.161. The summed E-state index contributed by atoms with van der Waals surface area (Å²) < 4.78 is 6.06. The van der Waals surface area contributed by atoms with Crippen LogP contribution < -0.4 is 10.5 Å². The average molecular weight is 257 g/mol. The fourth-order valence-electron chi connectivity index (χ4n) is 2.41. The molecule has 0 bridgehead atoms. The fourth-order valence-corrected chi connectivity index (χ4v) is 2.41. The zero-order valence-electron chi connectivity index (χ0n) is 11.8. The van der Waals surface area contributed by atoms with E-state index in [1.165, 1.54) is 10.8 Å². The van der Waals surface area contributed by atoms with Gasteiger partial charge in [-0.2, -0.15) is 0 Å². The quantitative estimate of drug-likeness (QED) is 0.844. The van der Waals surface area contributed by atoms with Gasteiger partial charge in [0, 0.05) is 6.04 Å².